The van der Waals surface area contributed by atoms with Crippen LogP contribution < -0.4 is 0 Å². The number of esters is 1. The molecule has 0 aromatic rings. The molecule has 0 aromatic heterocycles. The van der Waals surface area contributed by atoms with Gasteiger partial charge in [0.25, 0.3) is 0 Å². The Morgan fingerprint density at radius 2 is 1.71 bits per heavy atom. The van der Waals surface area contributed by atoms with Crippen molar-refractivity contribution >= 4 is 30.7 Å². The van der Waals surface area contributed by atoms with Crippen LogP contribution in [0, 0.1) is 23.2 Å². The molecule has 162 valence electrons. The first-order valence-corrected chi connectivity index (χ1v) is 11.6. The van der Waals surface area contributed by atoms with Crippen molar-refractivity contribution in [2.24, 2.45) is 20.6 Å². The molecule has 1 rings (SSSR count). The molecule has 0 radical (unpaired) electrons. The van der Waals surface area contributed by atoms with Crippen LogP contribution in [0.3, 0.4) is 0 Å². The van der Waals surface area contributed by atoms with Gasteiger partial charge in [-0.25, -0.2) is 4.40 Å². The highest BCUT2D eigenvalue weighted by Gasteiger charge is 2.23. The first kappa shape index (κ1) is 28.9. The molecule has 0 heterocycles. The van der Waals surface area contributed by atoms with E-state index in [-0.39, 0.29) is 23.7 Å². The van der Waals surface area contributed by atoms with E-state index in [0.29, 0.717) is 6.42 Å². The van der Waals surface area contributed by atoms with Gasteiger partial charge in [0.2, 0.25) is 5.90 Å². The minimum atomic E-state index is -0.311. The van der Waals surface area contributed by atoms with Crippen LogP contribution in [-0.4, -0.2) is 18.6 Å². The Kier molecular flexibility index (Phi) is 22.6. The zero-order valence-electron chi connectivity index (χ0n) is 18.7. The van der Waals surface area contributed by atoms with E-state index in [1.165, 1.54) is 38.5 Å². The summed E-state index contributed by atoms with van der Waals surface area (Å²) in [4.78, 5) is 12.1. The standard InChI is InChI=1S/C14H23N3O2S.C6H12.C2H6/c1-5-6-7-8-13(9-11(2)10-15)14(18)19-12(3)17-20-16-4;1-2-4-6-5-3-1;1-2/h11,13H,4-9H2,1-3H3;1-6H2;1-2H3/b17-12-;;. The molecule has 1 saturated carbocycles. The number of ether oxygens (including phenoxy) is 1. The second-order valence-corrected chi connectivity index (χ2v) is 7.43. The van der Waals surface area contributed by atoms with E-state index >= 15 is 0 Å². The van der Waals surface area contributed by atoms with Crippen LogP contribution in [0.5, 0.6) is 0 Å². The Balaban J connectivity index is 0. The van der Waals surface area contributed by atoms with E-state index in [1.807, 2.05) is 20.8 Å². The Hall–Kier alpha value is -1.35. The smallest absolute Gasteiger partial charge is 0.315 e. The van der Waals surface area contributed by atoms with Crippen LogP contribution in [0.4, 0.5) is 0 Å². The maximum absolute atomic E-state index is 12.1. The molecule has 2 unspecified atom stereocenters. The van der Waals surface area contributed by atoms with Gasteiger partial charge in [0.15, 0.2) is 0 Å². The first-order valence-electron chi connectivity index (χ1n) is 10.8. The molecule has 0 saturated heterocycles. The summed E-state index contributed by atoms with van der Waals surface area (Å²) in [6, 6.07) is 2.16. The highest BCUT2D eigenvalue weighted by Crippen LogP contribution is 2.21. The summed E-state index contributed by atoms with van der Waals surface area (Å²) in [5.41, 5.74) is 0. The molecule has 6 heteroatoms. The van der Waals surface area contributed by atoms with E-state index < -0.39 is 0 Å². The SMILES string of the molecule is C1CCCCC1.C=NS/N=C(/C)OC(=O)C(CCCCC)CC(C)C#N.CC. The molecule has 0 amide bonds. The van der Waals surface area contributed by atoms with Crippen LogP contribution in [0.2, 0.25) is 0 Å². The van der Waals surface area contributed by atoms with Gasteiger partial charge in [-0.15, -0.1) is 0 Å². The lowest BCUT2D eigenvalue weighted by Crippen LogP contribution is -2.22. The summed E-state index contributed by atoms with van der Waals surface area (Å²) in [5, 5.41) is 8.89. The lowest BCUT2D eigenvalue weighted by atomic mass is 9.92. The molecule has 0 spiro atoms. The second kappa shape index (κ2) is 21.9. The van der Waals surface area contributed by atoms with Gasteiger partial charge in [-0.1, -0.05) is 78.6 Å². The summed E-state index contributed by atoms with van der Waals surface area (Å²) < 4.78 is 12.5. The van der Waals surface area contributed by atoms with Crippen LogP contribution in [0.1, 0.15) is 105 Å². The maximum atomic E-state index is 12.1. The van der Waals surface area contributed by atoms with Crippen molar-refractivity contribution < 1.29 is 9.53 Å². The van der Waals surface area contributed by atoms with Crippen molar-refractivity contribution in [3.8, 4) is 6.07 Å². The molecule has 0 aromatic carbocycles. The average Bonchev–Trinajstić information content (AvgIpc) is 2.74. The molecular formula is C22H41N3O2S. The predicted octanol–water partition coefficient (Wildman–Crippen LogP) is 7.32. The minimum absolute atomic E-state index is 0.157. The number of hydrogen-bond acceptors (Lipinski definition) is 6. The topological polar surface area (TPSA) is 74.8 Å². The van der Waals surface area contributed by atoms with Crippen molar-refractivity contribution in [3.05, 3.63) is 0 Å². The fourth-order valence-electron chi connectivity index (χ4n) is 2.85. The van der Waals surface area contributed by atoms with Gasteiger partial charge in [-0.3, -0.25) is 4.79 Å². The van der Waals surface area contributed by atoms with E-state index in [4.69, 9.17) is 10.00 Å². The lowest BCUT2D eigenvalue weighted by molar-refractivity contribution is -0.140. The minimum Gasteiger partial charge on any atom is -0.411 e. The molecule has 5 nitrogen and oxygen atoms in total. The average molecular weight is 412 g/mol. The van der Waals surface area contributed by atoms with Crippen LogP contribution in [0.15, 0.2) is 8.80 Å². The number of nitrogens with zero attached hydrogens (tertiary/aromatic N) is 3. The Morgan fingerprint density at radius 1 is 1.18 bits per heavy atom. The normalized spacial score (nSPS) is 15.5. The Morgan fingerprint density at radius 3 is 2.14 bits per heavy atom. The third-order valence-corrected chi connectivity index (χ3v) is 4.78. The van der Waals surface area contributed by atoms with Gasteiger partial charge in [-0.2, -0.15) is 9.66 Å². The molecule has 0 bridgehead atoms. The van der Waals surface area contributed by atoms with Gasteiger partial charge in [-0.05, 0) is 19.8 Å². The van der Waals surface area contributed by atoms with Crippen molar-refractivity contribution in [1.82, 2.24) is 0 Å². The molecule has 0 N–H and O–H groups in total. The molecule has 1 fully saturated rings. The molecular weight excluding hydrogens is 370 g/mol. The maximum Gasteiger partial charge on any atom is 0.315 e. The zero-order valence-corrected chi connectivity index (χ0v) is 19.5. The predicted molar refractivity (Wildman–Crippen MR) is 122 cm³/mol. The molecule has 2 atom stereocenters. The van der Waals surface area contributed by atoms with E-state index in [1.54, 1.807) is 6.92 Å². The van der Waals surface area contributed by atoms with Crippen LogP contribution in [0.25, 0.3) is 0 Å². The van der Waals surface area contributed by atoms with Crippen LogP contribution in [-0.2, 0) is 9.53 Å². The lowest BCUT2D eigenvalue weighted by Gasteiger charge is -2.16. The highest BCUT2D eigenvalue weighted by molar-refractivity contribution is 7.96. The van der Waals surface area contributed by atoms with Gasteiger partial charge in [0.1, 0.15) is 12.1 Å². The first-order chi connectivity index (χ1) is 13.5. The fourth-order valence-corrected chi connectivity index (χ4v) is 3.06. The Bertz CT molecular complexity index is 446. The van der Waals surface area contributed by atoms with E-state index in [2.05, 4.69) is 28.5 Å². The van der Waals surface area contributed by atoms with Gasteiger partial charge in [0.05, 0.1) is 12.0 Å². The van der Waals surface area contributed by atoms with Crippen molar-refractivity contribution in [2.45, 2.75) is 105 Å². The molecule has 28 heavy (non-hydrogen) atoms. The van der Waals surface area contributed by atoms with Gasteiger partial charge >= 0.3 is 5.97 Å². The number of nitriles is 1. The summed E-state index contributed by atoms with van der Waals surface area (Å²) in [5.74, 6) is -0.453. The monoisotopic (exact) mass is 411 g/mol. The number of rotatable bonds is 9. The summed E-state index contributed by atoms with van der Waals surface area (Å²) in [6.07, 6.45) is 13.4. The second-order valence-electron chi connectivity index (χ2n) is 6.82. The zero-order chi connectivity index (χ0) is 21.6. The third-order valence-electron chi connectivity index (χ3n) is 4.32. The molecule has 1 aliphatic rings. The number of carbonyl (C=O) groups excluding carboxylic acids is 1. The quantitative estimate of drug-likeness (QED) is 0.131. The summed E-state index contributed by atoms with van der Waals surface area (Å²) in [6.45, 7) is 12.8. The van der Waals surface area contributed by atoms with Crippen LogP contribution >= 0.6 is 12.1 Å². The van der Waals surface area contributed by atoms with Crippen molar-refractivity contribution in [1.29, 1.82) is 5.26 Å². The van der Waals surface area contributed by atoms with Crippen molar-refractivity contribution in [3.63, 3.8) is 0 Å². The highest BCUT2D eigenvalue weighted by atomic mass is 32.2. The number of carbonyl (C=O) groups is 1. The number of hydrogen-bond donors (Lipinski definition) is 0. The van der Waals surface area contributed by atoms with Crippen molar-refractivity contribution in [2.75, 3.05) is 0 Å². The summed E-state index contributed by atoms with van der Waals surface area (Å²) >= 11 is 0.882. The van der Waals surface area contributed by atoms with Gasteiger partial charge in [0, 0.05) is 19.6 Å². The number of unbranched alkanes of at least 4 members (excludes halogenated alkanes) is 2. The molecule has 1 aliphatic carbocycles. The fraction of sp³-hybridized carbons (Fsp3) is 0.818. The Labute approximate surface area is 177 Å². The third kappa shape index (κ3) is 18.0. The van der Waals surface area contributed by atoms with E-state index in [9.17, 15) is 4.79 Å². The largest absolute Gasteiger partial charge is 0.411 e. The summed E-state index contributed by atoms with van der Waals surface area (Å²) in [7, 11) is 0. The van der Waals surface area contributed by atoms with Gasteiger partial charge < -0.3 is 4.74 Å². The molecule has 0 aliphatic heterocycles. The van der Waals surface area contributed by atoms with E-state index in [0.717, 1.165) is 37.8 Å².